The molecule has 3 aromatic rings. The molecule has 1 aliphatic carbocycles. The normalized spacial score (nSPS) is 17.6. The van der Waals surface area contributed by atoms with Crippen molar-refractivity contribution < 1.29 is 19.4 Å². The molecule has 170 valence electrons. The Balaban J connectivity index is 1.47. The topological polar surface area (TPSA) is 112 Å². The number of benzene rings is 1. The molecule has 33 heavy (non-hydrogen) atoms. The third-order valence-corrected chi connectivity index (χ3v) is 7.03. The van der Waals surface area contributed by atoms with Crippen LogP contribution in [0.1, 0.15) is 27.2 Å². The van der Waals surface area contributed by atoms with Crippen molar-refractivity contribution in [1.82, 2.24) is 14.9 Å². The van der Waals surface area contributed by atoms with Gasteiger partial charge in [0.15, 0.2) is 11.5 Å². The zero-order valence-corrected chi connectivity index (χ0v) is 18.5. The molecule has 2 aliphatic heterocycles. The van der Waals surface area contributed by atoms with Gasteiger partial charge in [-0.1, -0.05) is 0 Å². The minimum absolute atomic E-state index is 0.406. The van der Waals surface area contributed by atoms with Crippen LogP contribution in [-0.2, 0) is 26.3 Å². The molecule has 0 radical (unpaired) electrons. The fourth-order valence-corrected chi connectivity index (χ4v) is 5.27. The van der Waals surface area contributed by atoms with E-state index in [-0.39, 0.29) is 0 Å². The maximum absolute atomic E-state index is 12.3. The summed E-state index contributed by atoms with van der Waals surface area (Å²) in [5, 5.41) is 13.3. The van der Waals surface area contributed by atoms with Crippen LogP contribution in [0.15, 0.2) is 30.5 Å². The van der Waals surface area contributed by atoms with Crippen molar-refractivity contribution >= 4 is 5.97 Å². The number of hydrogen-bond acceptors (Lipinski definition) is 6. The van der Waals surface area contributed by atoms with Gasteiger partial charge >= 0.3 is 5.97 Å². The third-order valence-electron chi connectivity index (χ3n) is 7.03. The summed E-state index contributed by atoms with van der Waals surface area (Å²) in [6.07, 6.45) is 3.88. The highest BCUT2D eigenvalue weighted by Crippen LogP contribution is 2.41. The first kappa shape index (κ1) is 20.3. The maximum Gasteiger partial charge on any atom is 0.337 e. The number of aromatic nitrogens is 2. The Bertz CT molecular complexity index is 1290. The SMILES string of the molecule is Cn1c(CC2(N)CNC2)c(C(=O)O)c2c1-c1cc(-c3ccc4c(c3)OCCO4)ncc1CC2. The van der Waals surface area contributed by atoms with E-state index in [1.807, 2.05) is 36.0 Å². The number of nitrogens with one attached hydrogen (secondary N) is 1. The van der Waals surface area contributed by atoms with Crippen molar-refractivity contribution in [2.75, 3.05) is 26.3 Å². The Labute approximate surface area is 191 Å². The van der Waals surface area contributed by atoms with Crippen molar-refractivity contribution in [2.45, 2.75) is 24.8 Å². The summed E-state index contributed by atoms with van der Waals surface area (Å²) < 4.78 is 13.4. The van der Waals surface area contributed by atoms with Crippen LogP contribution in [0.3, 0.4) is 0 Å². The first-order valence-electron chi connectivity index (χ1n) is 11.3. The van der Waals surface area contributed by atoms with Gasteiger partial charge in [-0.05, 0) is 48.2 Å². The number of carboxylic acid groups (broad SMARTS) is 1. The molecule has 0 spiro atoms. The molecule has 8 heteroatoms. The van der Waals surface area contributed by atoms with Gasteiger partial charge in [0.2, 0.25) is 0 Å². The number of fused-ring (bicyclic) bond motifs is 4. The zero-order chi connectivity index (χ0) is 22.7. The molecule has 1 saturated heterocycles. The van der Waals surface area contributed by atoms with Gasteiger partial charge in [0.25, 0.3) is 0 Å². The van der Waals surface area contributed by atoms with Gasteiger partial charge in [-0.25, -0.2) is 4.79 Å². The number of aromatic carboxylic acids is 1. The Morgan fingerprint density at radius 2 is 2.00 bits per heavy atom. The predicted octanol–water partition coefficient (Wildman–Crippen LogP) is 2.17. The van der Waals surface area contributed by atoms with Crippen LogP contribution in [0.25, 0.3) is 22.5 Å². The third kappa shape index (κ3) is 3.20. The minimum atomic E-state index is -0.887. The van der Waals surface area contributed by atoms with E-state index in [1.165, 1.54) is 0 Å². The van der Waals surface area contributed by atoms with E-state index in [9.17, 15) is 9.90 Å². The van der Waals surface area contributed by atoms with Crippen LogP contribution in [-0.4, -0.2) is 52.5 Å². The fraction of sp³-hybridized carbons (Fsp3) is 0.360. The highest BCUT2D eigenvalue weighted by molar-refractivity contribution is 5.95. The molecule has 2 aromatic heterocycles. The number of carboxylic acids is 1. The van der Waals surface area contributed by atoms with E-state index in [0.717, 1.165) is 57.3 Å². The maximum atomic E-state index is 12.3. The molecule has 0 amide bonds. The van der Waals surface area contributed by atoms with Crippen LogP contribution < -0.4 is 20.5 Å². The monoisotopic (exact) mass is 446 g/mol. The van der Waals surface area contributed by atoms with Crippen molar-refractivity contribution in [1.29, 1.82) is 0 Å². The van der Waals surface area contributed by atoms with Crippen LogP contribution >= 0.6 is 0 Å². The lowest BCUT2D eigenvalue weighted by Crippen LogP contribution is -2.67. The molecular weight excluding hydrogens is 420 g/mol. The number of hydrogen-bond donors (Lipinski definition) is 3. The Kier molecular flexibility index (Phi) is 4.50. The zero-order valence-electron chi connectivity index (χ0n) is 18.5. The van der Waals surface area contributed by atoms with Gasteiger partial charge in [0, 0.05) is 55.1 Å². The molecule has 0 bridgehead atoms. The molecule has 0 saturated carbocycles. The van der Waals surface area contributed by atoms with Crippen LogP contribution in [0, 0.1) is 0 Å². The molecule has 6 rings (SSSR count). The van der Waals surface area contributed by atoms with Crippen molar-refractivity contribution in [3.05, 3.63) is 52.8 Å². The van der Waals surface area contributed by atoms with E-state index >= 15 is 0 Å². The van der Waals surface area contributed by atoms with Crippen molar-refractivity contribution in [3.63, 3.8) is 0 Å². The van der Waals surface area contributed by atoms with Gasteiger partial charge in [-0.2, -0.15) is 0 Å². The lowest BCUT2D eigenvalue weighted by molar-refractivity contribution is 0.0693. The van der Waals surface area contributed by atoms with Gasteiger partial charge in [-0.3, -0.25) is 4.98 Å². The Hall–Kier alpha value is -3.36. The molecule has 1 fully saturated rings. The lowest BCUT2D eigenvalue weighted by Gasteiger charge is -2.39. The van der Waals surface area contributed by atoms with Gasteiger partial charge in [-0.15, -0.1) is 0 Å². The summed E-state index contributed by atoms with van der Waals surface area (Å²) in [5.74, 6) is 0.572. The standard InChI is InChI=1S/C25H26N4O4/c1-29-19(10-25(26)12-27-13-25)22(24(30)31)16-4-2-15-11-28-18(9-17(15)23(16)29)14-3-5-20-21(8-14)33-7-6-32-20/h3,5,8-9,11,27H,2,4,6-7,10,12-13,26H2,1H3,(H,30,31). The first-order valence-corrected chi connectivity index (χ1v) is 11.3. The molecule has 8 nitrogen and oxygen atoms in total. The number of nitrogens with zero attached hydrogens (tertiary/aromatic N) is 2. The Morgan fingerprint density at radius 3 is 2.73 bits per heavy atom. The van der Waals surface area contributed by atoms with E-state index in [1.54, 1.807) is 0 Å². The molecule has 1 aromatic carbocycles. The molecule has 0 atom stereocenters. The summed E-state index contributed by atoms with van der Waals surface area (Å²) >= 11 is 0. The summed E-state index contributed by atoms with van der Waals surface area (Å²) in [4.78, 5) is 17.0. The van der Waals surface area contributed by atoms with E-state index in [4.69, 9.17) is 20.2 Å². The smallest absolute Gasteiger partial charge is 0.337 e. The summed E-state index contributed by atoms with van der Waals surface area (Å²) in [5.41, 5.74) is 13.0. The van der Waals surface area contributed by atoms with Gasteiger partial charge in [0.05, 0.1) is 17.0 Å². The predicted molar refractivity (Wildman–Crippen MR) is 123 cm³/mol. The van der Waals surface area contributed by atoms with Crippen LogP contribution in [0.5, 0.6) is 11.5 Å². The van der Waals surface area contributed by atoms with Crippen molar-refractivity contribution in [2.24, 2.45) is 12.8 Å². The quantitative estimate of drug-likeness (QED) is 0.563. The summed E-state index contributed by atoms with van der Waals surface area (Å²) in [6, 6.07) is 7.91. The summed E-state index contributed by atoms with van der Waals surface area (Å²) in [7, 11) is 1.95. The van der Waals surface area contributed by atoms with Gasteiger partial charge in [0.1, 0.15) is 13.2 Å². The minimum Gasteiger partial charge on any atom is -0.486 e. The van der Waals surface area contributed by atoms with Crippen LogP contribution in [0.4, 0.5) is 0 Å². The average molecular weight is 447 g/mol. The lowest BCUT2D eigenvalue weighted by atomic mass is 9.85. The second kappa shape index (κ2) is 7.33. The molecule has 4 heterocycles. The average Bonchev–Trinajstić information content (AvgIpc) is 3.09. The van der Waals surface area contributed by atoms with Crippen molar-refractivity contribution in [3.8, 4) is 34.0 Å². The first-order chi connectivity index (χ1) is 15.9. The fourth-order valence-electron chi connectivity index (χ4n) is 5.27. The summed E-state index contributed by atoms with van der Waals surface area (Å²) in [6.45, 7) is 2.46. The Morgan fingerprint density at radius 1 is 1.21 bits per heavy atom. The van der Waals surface area contributed by atoms with E-state index in [2.05, 4.69) is 11.4 Å². The van der Waals surface area contributed by atoms with E-state index < -0.39 is 11.5 Å². The second-order valence-corrected chi connectivity index (χ2v) is 9.24. The van der Waals surface area contributed by atoms with Crippen LogP contribution in [0.2, 0.25) is 0 Å². The number of pyridine rings is 1. The number of aryl methyl sites for hydroxylation is 1. The highest BCUT2D eigenvalue weighted by atomic mass is 16.6. The number of rotatable bonds is 4. The van der Waals surface area contributed by atoms with Gasteiger partial charge < -0.3 is 30.2 Å². The second-order valence-electron chi connectivity index (χ2n) is 9.24. The highest BCUT2D eigenvalue weighted by Gasteiger charge is 2.38. The number of ether oxygens (including phenoxy) is 2. The molecule has 3 aliphatic rings. The molecule has 4 N–H and O–H groups in total. The largest absolute Gasteiger partial charge is 0.486 e. The van der Waals surface area contributed by atoms with E-state index in [0.29, 0.717) is 44.7 Å². The number of carbonyl (C=O) groups is 1. The number of nitrogens with two attached hydrogens (primary N) is 1. The molecule has 0 unspecified atom stereocenters. The molecular formula is C25H26N4O4.